The quantitative estimate of drug-likeness (QED) is 0.844. The third-order valence-electron chi connectivity index (χ3n) is 5.10. The van der Waals surface area contributed by atoms with E-state index in [-0.39, 0.29) is 5.75 Å². The third-order valence-corrected chi connectivity index (χ3v) is 5.40. The van der Waals surface area contributed by atoms with Crippen LogP contribution < -0.4 is 0 Å². The molecule has 1 aromatic carbocycles. The van der Waals surface area contributed by atoms with Gasteiger partial charge in [0.2, 0.25) is 0 Å². The average Bonchev–Trinajstić information content (AvgIpc) is 2.61. The highest BCUT2D eigenvalue weighted by Gasteiger charge is 2.16. The van der Waals surface area contributed by atoms with Crippen molar-refractivity contribution in [1.29, 1.82) is 0 Å². The van der Waals surface area contributed by atoms with Gasteiger partial charge in [0.05, 0.1) is 11.6 Å². The number of aromatic hydroxyl groups is 1. The molecular weight excluding hydrogens is 320 g/mol. The second kappa shape index (κ2) is 8.76. The Morgan fingerprint density at radius 1 is 1.04 bits per heavy atom. The van der Waals surface area contributed by atoms with Gasteiger partial charge in [-0.05, 0) is 30.5 Å². The van der Waals surface area contributed by atoms with Gasteiger partial charge in [0.25, 0.3) is 0 Å². The Bertz CT molecular complexity index is 593. The van der Waals surface area contributed by atoms with Gasteiger partial charge in [0.1, 0.15) is 5.75 Å². The normalized spacial score (nSPS) is 20.5. The molecule has 1 N–H and O–H groups in total. The number of nitrogens with zero attached hydrogens (tertiary/aromatic N) is 2. The summed E-state index contributed by atoms with van der Waals surface area (Å²) in [4.78, 5) is 4.89. The molecule has 2 fully saturated rings. The number of benzene rings is 1. The molecule has 130 valence electrons. The highest BCUT2D eigenvalue weighted by molar-refractivity contribution is 6.32. The SMILES string of the molecule is Oc1ccc(CN2CCN(CC#CC3CCCCC3)CC2)cc1Cl. The molecule has 1 heterocycles. The van der Waals surface area contributed by atoms with Gasteiger partial charge in [-0.15, -0.1) is 0 Å². The van der Waals surface area contributed by atoms with Gasteiger partial charge in [0.15, 0.2) is 0 Å². The molecule has 0 atom stereocenters. The largest absolute Gasteiger partial charge is 0.506 e. The fraction of sp³-hybridized carbons (Fsp3) is 0.600. The summed E-state index contributed by atoms with van der Waals surface area (Å²) in [5.74, 6) is 7.71. The van der Waals surface area contributed by atoms with Crippen LogP contribution in [-0.2, 0) is 6.54 Å². The average molecular weight is 347 g/mol. The molecule has 1 aliphatic carbocycles. The van der Waals surface area contributed by atoms with E-state index in [1.807, 2.05) is 12.1 Å². The highest BCUT2D eigenvalue weighted by Crippen LogP contribution is 2.24. The van der Waals surface area contributed by atoms with Crippen LogP contribution in [0.2, 0.25) is 5.02 Å². The van der Waals surface area contributed by atoms with E-state index in [0.717, 1.165) is 44.8 Å². The molecule has 0 aromatic heterocycles. The molecule has 2 aliphatic rings. The van der Waals surface area contributed by atoms with Crippen LogP contribution in [0.25, 0.3) is 0 Å². The van der Waals surface area contributed by atoms with Crippen molar-refractivity contribution in [2.24, 2.45) is 5.92 Å². The van der Waals surface area contributed by atoms with Gasteiger partial charge in [-0.3, -0.25) is 9.80 Å². The summed E-state index contributed by atoms with van der Waals surface area (Å²) in [7, 11) is 0. The number of piperazine rings is 1. The van der Waals surface area contributed by atoms with Crippen LogP contribution in [-0.4, -0.2) is 47.6 Å². The Balaban J connectivity index is 1.40. The first kappa shape index (κ1) is 17.6. The molecule has 0 bridgehead atoms. The summed E-state index contributed by atoms with van der Waals surface area (Å²) in [5.41, 5.74) is 1.16. The minimum atomic E-state index is 0.154. The lowest BCUT2D eigenvalue weighted by Crippen LogP contribution is -2.45. The zero-order valence-corrected chi connectivity index (χ0v) is 15.1. The molecular formula is C20H27ClN2O. The lowest BCUT2D eigenvalue weighted by molar-refractivity contribution is 0.138. The summed E-state index contributed by atoms with van der Waals surface area (Å²) >= 11 is 5.98. The zero-order valence-electron chi connectivity index (χ0n) is 14.3. The van der Waals surface area contributed by atoms with Crippen molar-refractivity contribution in [3.8, 4) is 17.6 Å². The molecule has 0 amide bonds. The van der Waals surface area contributed by atoms with Crippen molar-refractivity contribution < 1.29 is 5.11 Å². The monoisotopic (exact) mass is 346 g/mol. The van der Waals surface area contributed by atoms with Crippen molar-refractivity contribution in [2.75, 3.05) is 32.7 Å². The van der Waals surface area contributed by atoms with E-state index in [1.54, 1.807) is 6.07 Å². The van der Waals surface area contributed by atoms with Crippen LogP contribution in [0.3, 0.4) is 0 Å². The summed E-state index contributed by atoms with van der Waals surface area (Å²) in [6.07, 6.45) is 6.72. The predicted molar refractivity (Wildman–Crippen MR) is 99.2 cm³/mol. The molecule has 1 saturated carbocycles. The lowest BCUT2D eigenvalue weighted by Gasteiger charge is -2.33. The van der Waals surface area contributed by atoms with E-state index in [2.05, 4.69) is 21.6 Å². The van der Waals surface area contributed by atoms with Gasteiger partial charge in [-0.2, -0.15) is 0 Å². The molecule has 4 heteroatoms. The molecule has 0 spiro atoms. The number of phenols is 1. The number of hydrogen-bond donors (Lipinski definition) is 1. The number of rotatable bonds is 3. The zero-order chi connectivity index (χ0) is 16.8. The molecule has 1 aliphatic heterocycles. The minimum Gasteiger partial charge on any atom is -0.506 e. The van der Waals surface area contributed by atoms with E-state index in [0.29, 0.717) is 10.9 Å². The van der Waals surface area contributed by atoms with Crippen molar-refractivity contribution in [3.05, 3.63) is 28.8 Å². The van der Waals surface area contributed by atoms with Gasteiger partial charge in [-0.25, -0.2) is 0 Å². The van der Waals surface area contributed by atoms with Crippen LogP contribution in [0.15, 0.2) is 18.2 Å². The maximum absolute atomic E-state index is 9.50. The Kier molecular flexibility index (Phi) is 6.43. The van der Waals surface area contributed by atoms with Crippen molar-refractivity contribution in [1.82, 2.24) is 9.80 Å². The Labute approximate surface area is 150 Å². The van der Waals surface area contributed by atoms with Gasteiger partial charge < -0.3 is 5.11 Å². The number of phenolic OH excluding ortho intramolecular Hbond substituents is 1. The predicted octanol–water partition coefficient (Wildman–Crippen LogP) is 3.75. The smallest absolute Gasteiger partial charge is 0.134 e. The molecule has 24 heavy (non-hydrogen) atoms. The minimum absolute atomic E-state index is 0.154. The second-order valence-electron chi connectivity index (χ2n) is 6.99. The first-order valence-corrected chi connectivity index (χ1v) is 9.49. The number of hydrogen-bond acceptors (Lipinski definition) is 3. The Morgan fingerprint density at radius 2 is 1.75 bits per heavy atom. The van der Waals surface area contributed by atoms with E-state index in [9.17, 15) is 5.11 Å². The van der Waals surface area contributed by atoms with Crippen LogP contribution >= 0.6 is 11.6 Å². The maximum atomic E-state index is 9.50. The Morgan fingerprint density at radius 3 is 2.46 bits per heavy atom. The first-order chi connectivity index (χ1) is 11.7. The van der Waals surface area contributed by atoms with Crippen LogP contribution in [0.1, 0.15) is 37.7 Å². The molecule has 3 rings (SSSR count). The first-order valence-electron chi connectivity index (χ1n) is 9.11. The van der Waals surface area contributed by atoms with Crippen molar-refractivity contribution in [2.45, 2.75) is 38.6 Å². The lowest BCUT2D eigenvalue weighted by atomic mass is 9.90. The molecule has 0 unspecified atom stereocenters. The topological polar surface area (TPSA) is 26.7 Å². The Hall–Kier alpha value is -1.21. The molecule has 1 saturated heterocycles. The van der Waals surface area contributed by atoms with Crippen molar-refractivity contribution >= 4 is 11.6 Å². The summed E-state index contributed by atoms with van der Waals surface area (Å²) in [5, 5.41) is 9.93. The summed E-state index contributed by atoms with van der Waals surface area (Å²) in [6.45, 7) is 6.07. The van der Waals surface area contributed by atoms with Crippen molar-refractivity contribution in [3.63, 3.8) is 0 Å². The third kappa shape index (κ3) is 5.14. The fourth-order valence-electron chi connectivity index (χ4n) is 3.56. The van der Waals surface area contributed by atoms with Gasteiger partial charge in [0, 0.05) is 38.6 Å². The van der Waals surface area contributed by atoms with Gasteiger partial charge in [-0.1, -0.05) is 48.8 Å². The fourth-order valence-corrected chi connectivity index (χ4v) is 3.76. The van der Waals surface area contributed by atoms with E-state index >= 15 is 0 Å². The highest BCUT2D eigenvalue weighted by atomic mass is 35.5. The van der Waals surface area contributed by atoms with Crippen LogP contribution in [0.5, 0.6) is 5.75 Å². The van der Waals surface area contributed by atoms with E-state index in [4.69, 9.17) is 11.6 Å². The van der Waals surface area contributed by atoms with E-state index in [1.165, 1.54) is 32.1 Å². The molecule has 1 aromatic rings. The summed E-state index contributed by atoms with van der Waals surface area (Å²) < 4.78 is 0. The van der Waals surface area contributed by atoms with Crippen LogP contribution in [0, 0.1) is 17.8 Å². The van der Waals surface area contributed by atoms with Crippen LogP contribution in [0.4, 0.5) is 0 Å². The molecule has 3 nitrogen and oxygen atoms in total. The van der Waals surface area contributed by atoms with Gasteiger partial charge >= 0.3 is 0 Å². The molecule has 0 radical (unpaired) electrons. The summed E-state index contributed by atoms with van der Waals surface area (Å²) in [6, 6.07) is 5.48. The standard InChI is InChI=1S/C20H27ClN2O/c21-19-15-18(8-9-20(19)24)16-23-13-11-22(12-14-23)10-4-7-17-5-2-1-3-6-17/h8-9,15,17,24H,1-3,5-6,10-14,16H2. The van der Waals surface area contributed by atoms with E-state index < -0.39 is 0 Å². The number of halogens is 1. The second-order valence-corrected chi connectivity index (χ2v) is 7.40. The maximum Gasteiger partial charge on any atom is 0.134 e.